The van der Waals surface area contributed by atoms with Crippen LogP contribution in [0.1, 0.15) is 147 Å². The lowest BCUT2D eigenvalue weighted by Crippen LogP contribution is -2.12. The van der Waals surface area contributed by atoms with Gasteiger partial charge in [-0.3, -0.25) is 4.98 Å². The van der Waals surface area contributed by atoms with Gasteiger partial charge in [0.25, 0.3) is 0 Å². The zero-order chi connectivity index (χ0) is 30.1. The highest BCUT2D eigenvalue weighted by atomic mass is 16.5. The van der Waals surface area contributed by atoms with Crippen LogP contribution in [-0.2, 0) is 0 Å². The molecule has 1 aromatic carbocycles. The van der Waals surface area contributed by atoms with Gasteiger partial charge in [-0.2, -0.15) is 0 Å². The van der Waals surface area contributed by atoms with Crippen molar-refractivity contribution in [3.05, 3.63) is 42.2 Å². The molecular weight excluding hydrogens is 526 g/mol. The molecule has 0 bridgehead atoms. The van der Waals surface area contributed by atoms with Gasteiger partial charge < -0.3 is 18.9 Å². The number of carbonyl (C=O) groups is 1. The van der Waals surface area contributed by atoms with E-state index in [0.717, 1.165) is 38.5 Å². The molecule has 1 aromatic heterocycles. The number of hydrogen-bond acceptors (Lipinski definition) is 6. The second-order valence-electron chi connectivity index (χ2n) is 11.2. The van der Waals surface area contributed by atoms with Crippen LogP contribution in [0.3, 0.4) is 0 Å². The van der Waals surface area contributed by atoms with Gasteiger partial charge in [0.2, 0.25) is 5.75 Å². The summed E-state index contributed by atoms with van der Waals surface area (Å²) in [6.07, 6.45) is 24.5. The first kappa shape index (κ1) is 35.4. The van der Waals surface area contributed by atoms with E-state index in [1.165, 1.54) is 77.0 Å². The Balaban J connectivity index is 2.17. The van der Waals surface area contributed by atoms with Crippen molar-refractivity contribution in [2.45, 2.75) is 136 Å². The highest BCUT2D eigenvalue weighted by Gasteiger charge is 2.20. The van der Waals surface area contributed by atoms with Gasteiger partial charge in [0.1, 0.15) is 5.75 Å². The molecule has 6 nitrogen and oxygen atoms in total. The van der Waals surface area contributed by atoms with E-state index in [1.807, 2.05) is 0 Å². The number of carbonyl (C=O) groups excluding carboxylic acids is 1. The summed E-state index contributed by atoms with van der Waals surface area (Å²) in [7, 11) is 0. The Bertz CT molecular complexity index is 910. The molecule has 0 unspecified atom stereocenters. The number of rotatable bonds is 26. The Morgan fingerprint density at radius 1 is 0.571 bits per heavy atom. The van der Waals surface area contributed by atoms with E-state index in [2.05, 4.69) is 25.8 Å². The molecule has 236 valence electrons. The van der Waals surface area contributed by atoms with E-state index in [-0.39, 0.29) is 0 Å². The molecule has 2 rings (SSSR count). The average molecular weight is 584 g/mol. The maximum absolute atomic E-state index is 13.2. The largest absolute Gasteiger partial charge is 0.490 e. The van der Waals surface area contributed by atoms with E-state index >= 15 is 0 Å². The van der Waals surface area contributed by atoms with E-state index in [9.17, 15) is 4.79 Å². The first-order valence-corrected chi connectivity index (χ1v) is 16.9. The van der Waals surface area contributed by atoms with Crippen LogP contribution in [0, 0.1) is 0 Å². The van der Waals surface area contributed by atoms with Gasteiger partial charge >= 0.3 is 5.97 Å². The number of ether oxygens (including phenoxy) is 4. The first-order valence-electron chi connectivity index (χ1n) is 16.9. The average Bonchev–Trinajstić information content (AvgIpc) is 3.00. The number of aromatic nitrogens is 1. The van der Waals surface area contributed by atoms with Gasteiger partial charge in [-0.15, -0.1) is 0 Å². The lowest BCUT2D eigenvalue weighted by atomic mass is 10.1. The van der Waals surface area contributed by atoms with Gasteiger partial charge in [0, 0.05) is 12.4 Å². The molecular formula is C36H57NO5. The molecule has 0 amide bonds. The molecule has 0 saturated heterocycles. The van der Waals surface area contributed by atoms with Gasteiger partial charge in [-0.05, 0) is 43.5 Å². The normalized spacial score (nSPS) is 10.9. The Morgan fingerprint density at radius 2 is 0.976 bits per heavy atom. The van der Waals surface area contributed by atoms with Crippen LogP contribution in [0.15, 0.2) is 36.7 Å². The minimum absolute atomic E-state index is 0.384. The van der Waals surface area contributed by atoms with Gasteiger partial charge in [0.05, 0.1) is 25.4 Å². The maximum atomic E-state index is 13.2. The Hall–Kier alpha value is -2.76. The summed E-state index contributed by atoms with van der Waals surface area (Å²) in [4.78, 5) is 17.2. The van der Waals surface area contributed by atoms with Crippen molar-refractivity contribution in [3.8, 4) is 23.0 Å². The summed E-state index contributed by atoms with van der Waals surface area (Å²) >= 11 is 0. The predicted molar refractivity (Wildman–Crippen MR) is 172 cm³/mol. The molecule has 6 heteroatoms. The van der Waals surface area contributed by atoms with Crippen molar-refractivity contribution < 1.29 is 23.7 Å². The summed E-state index contributed by atoms with van der Waals surface area (Å²) in [6, 6.07) is 6.83. The van der Waals surface area contributed by atoms with Crippen LogP contribution in [-0.4, -0.2) is 30.8 Å². The van der Waals surface area contributed by atoms with Gasteiger partial charge in [0.15, 0.2) is 11.5 Å². The molecule has 0 saturated carbocycles. The molecule has 0 aliphatic heterocycles. The van der Waals surface area contributed by atoms with Crippen LogP contribution in [0.5, 0.6) is 23.0 Å². The number of hydrogen-bond donors (Lipinski definition) is 0. The molecule has 1 heterocycles. The zero-order valence-electron chi connectivity index (χ0n) is 26.8. The fourth-order valence-corrected chi connectivity index (χ4v) is 4.81. The molecule has 0 fully saturated rings. The van der Waals surface area contributed by atoms with Crippen LogP contribution < -0.4 is 18.9 Å². The minimum Gasteiger partial charge on any atom is -0.490 e. The van der Waals surface area contributed by atoms with E-state index in [1.54, 1.807) is 36.7 Å². The van der Waals surface area contributed by atoms with Crippen LogP contribution in [0.4, 0.5) is 0 Å². The lowest BCUT2D eigenvalue weighted by molar-refractivity contribution is 0.0733. The molecule has 0 radical (unpaired) electrons. The number of pyridine rings is 1. The molecule has 0 atom stereocenters. The smallest absolute Gasteiger partial charge is 0.343 e. The third-order valence-corrected chi connectivity index (χ3v) is 7.37. The standard InChI is InChI=1S/C36H57NO5/c1-4-7-10-13-16-19-26-39-33-29-31(36(38)42-32-22-24-37-25-23-32)30-34(40-27-20-17-14-11-8-5-2)35(33)41-28-21-18-15-12-9-6-3/h22-25,29-30H,4-21,26-28H2,1-3H3. The van der Waals surface area contributed by atoms with Crippen LogP contribution in [0.25, 0.3) is 0 Å². The molecule has 0 spiro atoms. The maximum Gasteiger partial charge on any atom is 0.343 e. The van der Waals surface area contributed by atoms with Crippen molar-refractivity contribution in [1.29, 1.82) is 0 Å². The monoisotopic (exact) mass is 583 g/mol. The Labute approximate surface area is 255 Å². The number of nitrogens with zero attached hydrogens (tertiary/aromatic N) is 1. The number of esters is 1. The van der Waals surface area contributed by atoms with Crippen molar-refractivity contribution in [2.24, 2.45) is 0 Å². The fraction of sp³-hybridized carbons (Fsp3) is 0.667. The third kappa shape index (κ3) is 15.5. The summed E-state index contributed by atoms with van der Waals surface area (Å²) in [6.45, 7) is 8.43. The quantitative estimate of drug-likeness (QED) is 0.0810. The summed E-state index contributed by atoms with van der Waals surface area (Å²) < 4.78 is 24.5. The molecule has 2 aromatic rings. The number of benzene rings is 1. The fourth-order valence-electron chi connectivity index (χ4n) is 4.81. The topological polar surface area (TPSA) is 66.9 Å². The summed E-state index contributed by atoms with van der Waals surface area (Å²) in [5.41, 5.74) is 0.384. The first-order chi connectivity index (χ1) is 20.7. The minimum atomic E-state index is -0.461. The Morgan fingerprint density at radius 3 is 1.43 bits per heavy atom. The Kier molecular flexibility index (Phi) is 20.1. The molecule has 0 aliphatic rings. The van der Waals surface area contributed by atoms with Crippen LogP contribution >= 0.6 is 0 Å². The van der Waals surface area contributed by atoms with Gasteiger partial charge in [-0.25, -0.2) is 4.79 Å². The van der Waals surface area contributed by atoms with Gasteiger partial charge in [-0.1, -0.05) is 117 Å². The molecule has 0 N–H and O–H groups in total. The van der Waals surface area contributed by atoms with E-state index in [0.29, 0.717) is 48.4 Å². The van der Waals surface area contributed by atoms with E-state index < -0.39 is 5.97 Å². The van der Waals surface area contributed by atoms with Crippen molar-refractivity contribution in [3.63, 3.8) is 0 Å². The van der Waals surface area contributed by atoms with Crippen molar-refractivity contribution in [1.82, 2.24) is 4.98 Å². The summed E-state index contributed by atoms with van der Waals surface area (Å²) in [5, 5.41) is 0. The van der Waals surface area contributed by atoms with Crippen molar-refractivity contribution >= 4 is 5.97 Å². The molecule has 42 heavy (non-hydrogen) atoms. The predicted octanol–water partition coefficient (Wildman–Crippen LogP) is 10.5. The van der Waals surface area contributed by atoms with E-state index in [4.69, 9.17) is 18.9 Å². The highest BCUT2D eigenvalue weighted by molar-refractivity contribution is 5.92. The summed E-state index contributed by atoms with van der Waals surface area (Å²) in [5.74, 6) is 1.69. The van der Waals surface area contributed by atoms with Crippen molar-refractivity contribution in [2.75, 3.05) is 19.8 Å². The second-order valence-corrected chi connectivity index (χ2v) is 11.2. The second kappa shape index (κ2) is 23.8. The SMILES string of the molecule is CCCCCCCCOc1cc(C(=O)Oc2ccncc2)cc(OCCCCCCCC)c1OCCCCCCCC. The molecule has 0 aliphatic carbocycles. The number of unbranched alkanes of at least 4 members (excludes halogenated alkanes) is 15. The highest BCUT2D eigenvalue weighted by Crippen LogP contribution is 2.40. The lowest BCUT2D eigenvalue weighted by Gasteiger charge is -2.19. The zero-order valence-corrected chi connectivity index (χ0v) is 26.8. The van der Waals surface area contributed by atoms with Crippen LogP contribution in [0.2, 0.25) is 0 Å². The third-order valence-electron chi connectivity index (χ3n) is 7.37.